The van der Waals surface area contributed by atoms with Gasteiger partial charge < -0.3 is 10.6 Å². The highest BCUT2D eigenvalue weighted by Crippen LogP contribution is 2.12. The molecule has 0 aliphatic carbocycles. The Balaban J connectivity index is 1.96. The number of anilines is 1. The molecule has 0 bridgehead atoms. The third kappa shape index (κ3) is 2.31. The van der Waals surface area contributed by atoms with Crippen molar-refractivity contribution in [1.82, 2.24) is 10.3 Å². The van der Waals surface area contributed by atoms with Crippen molar-refractivity contribution < 1.29 is 9.59 Å². The Morgan fingerprint density at radius 3 is 2.80 bits per heavy atom. The second-order valence-corrected chi connectivity index (χ2v) is 3.43. The van der Waals surface area contributed by atoms with E-state index >= 15 is 0 Å². The summed E-state index contributed by atoms with van der Waals surface area (Å²) in [5.74, 6) is -0.449. The largest absolute Gasteiger partial charge is 0.355 e. The van der Waals surface area contributed by atoms with Crippen molar-refractivity contribution in [3.63, 3.8) is 0 Å². The van der Waals surface area contributed by atoms with Crippen molar-refractivity contribution in [2.75, 3.05) is 11.9 Å². The Morgan fingerprint density at radius 2 is 2.20 bits per heavy atom. The lowest BCUT2D eigenvalue weighted by molar-refractivity contribution is -0.123. The predicted molar refractivity (Wildman–Crippen MR) is 54.0 cm³/mol. The van der Waals surface area contributed by atoms with E-state index in [1.54, 1.807) is 24.5 Å². The van der Waals surface area contributed by atoms with Crippen molar-refractivity contribution in [2.24, 2.45) is 5.92 Å². The highest BCUT2D eigenvalue weighted by Gasteiger charge is 2.27. The number of rotatable bonds is 2. The molecule has 15 heavy (non-hydrogen) atoms. The summed E-state index contributed by atoms with van der Waals surface area (Å²) in [6.07, 6.45) is 3.48. The van der Waals surface area contributed by atoms with Crippen LogP contribution < -0.4 is 10.6 Å². The maximum absolute atomic E-state index is 11.6. The molecular formula is C10H11N3O2. The van der Waals surface area contributed by atoms with Crippen LogP contribution >= 0.6 is 0 Å². The lowest BCUT2D eigenvalue weighted by Crippen LogP contribution is -2.24. The third-order valence-corrected chi connectivity index (χ3v) is 2.30. The minimum Gasteiger partial charge on any atom is -0.355 e. The van der Waals surface area contributed by atoms with Crippen LogP contribution in [0.2, 0.25) is 0 Å². The molecular weight excluding hydrogens is 194 g/mol. The van der Waals surface area contributed by atoms with Crippen LogP contribution in [0, 0.1) is 5.92 Å². The first kappa shape index (κ1) is 9.64. The van der Waals surface area contributed by atoms with Crippen LogP contribution in [0.15, 0.2) is 24.5 Å². The van der Waals surface area contributed by atoms with Gasteiger partial charge in [0.2, 0.25) is 11.8 Å². The molecule has 2 heterocycles. The zero-order valence-electron chi connectivity index (χ0n) is 8.06. The molecule has 1 unspecified atom stereocenters. The molecule has 0 spiro atoms. The van der Waals surface area contributed by atoms with Crippen molar-refractivity contribution in [3.05, 3.63) is 24.5 Å². The fourth-order valence-corrected chi connectivity index (χ4v) is 1.47. The van der Waals surface area contributed by atoms with Gasteiger partial charge in [-0.3, -0.25) is 14.6 Å². The van der Waals surface area contributed by atoms with Crippen LogP contribution in [0.3, 0.4) is 0 Å². The van der Waals surface area contributed by atoms with Gasteiger partial charge in [-0.15, -0.1) is 0 Å². The van der Waals surface area contributed by atoms with Gasteiger partial charge >= 0.3 is 0 Å². The van der Waals surface area contributed by atoms with E-state index in [9.17, 15) is 9.59 Å². The maximum Gasteiger partial charge on any atom is 0.229 e. The lowest BCUT2D eigenvalue weighted by atomic mass is 10.1. The van der Waals surface area contributed by atoms with Crippen molar-refractivity contribution in [3.8, 4) is 0 Å². The number of hydrogen-bond donors (Lipinski definition) is 2. The van der Waals surface area contributed by atoms with Crippen LogP contribution in [0.1, 0.15) is 6.42 Å². The number of nitrogens with zero attached hydrogens (tertiary/aromatic N) is 1. The Bertz CT molecular complexity index is 378. The summed E-state index contributed by atoms with van der Waals surface area (Å²) < 4.78 is 0. The first-order valence-electron chi connectivity index (χ1n) is 4.73. The van der Waals surface area contributed by atoms with Crippen LogP contribution in [-0.2, 0) is 9.59 Å². The predicted octanol–water partition coefficient (Wildman–Crippen LogP) is 0.156. The fraction of sp³-hybridized carbons (Fsp3) is 0.300. The molecule has 1 aliphatic heterocycles. The zero-order valence-corrected chi connectivity index (χ0v) is 8.06. The number of nitrogens with one attached hydrogen (secondary N) is 2. The van der Waals surface area contributed by atoms with E-state index in [1.165, 1.54) is 0 Å². The molecule has 2 rings (SSSR count). The number of hydrogen-bond acceptors (Lipinski definition) is 3. The molecule has 1 atom stereocenters. The summed E-state index contributed by atoms with van der Waals surface area (Å²) in [5, 5.41) is 5.36. The van der Waals surface area contributed by atoms with Crippen LogP contribution in [0.4, 0.5) is 5.69 Å². The van der Waals surface area contributed by atoms with Gasteiger partial charge in [0.1, 0.15) is 0 Å². The fourth-order valence-electron chi connectivity index (χ4n) is 1.47. The highest BCUT2D eigenvalue weighted by molar-refractivity contribution is 5.97. The van der Waals surface area contributed by atoms with Crippen molar-refractivity contribution in [2.45, 2.75) is 6.42 Å². The molecule has 0 aromatic carbocycles. The maximum atomic E-state index is 11.6. The summed E-state index contributed by atoms with van der Waals surface area (Å²) in [6, 6.07) is 3.42. The van der Waals surface area contributed by atoms with E-state index < -0.39 is 0 Å². The van der Waals surface area contributed by atoms with E-state index in [0.29, 0.717) is 12.2 Å². The number of pyridine rings is 1. The van der Waals surface area contributed by atoms with Gasteiger partial charge in [0.15, 0.2) is 0 Å². The molecule has 5 heteroatoms. The molecule has 1 aromatic heterocycles. The second-order valence-electron chi connectivity index (χ2n) is 3.43. The van der Waals surface area contributed by atoms with E-state index in [0.717, 1.165) is 0 Å². The summed E-state index contributed by atoms with van der Waals surface area (Å²) in [6.45, 7) is 0.426. The van der Waals surface area contributed by atoms with Gasteiger partial charge in [-0.05, 0) is 12.1 Å². The molecule has 1 saturated heterocycles. The molecule has 0 saturated carbocycles. The van der Waals surface area contributed by atoms with Crippen LogP contribution in [0.5, 0.6) is 0 Å². The van der Waals surface area contributed by atoms with Gasteiger partial charge in [0, 0.05) is 31.0 Å². The summed E-state index contributed by atoms with van der Waals surface area (Å²) in [4.78, 5) is 26.4. The first-order valence-corrected chi connectivity index (χ1v) is 4.73. The van der Waals surface area contributed by atoms with Crippen LogP contribution in [-0.4, -0.2) is 23.3 Å². The number of aromatic nitrogens is 1. The van der Waals surface area contributed by atoms with Gasteiger partial charge in [0.05, 0.1) is 5.92 Å². The van der Waals surface area contributed by atoms with Crippen LogP contribution in [0.25, 0.3) is 0 Å². The topological polar surface area (TPSA) is 71.1 Å². The highest BCUT2D eigenvalue weighted by atomic mass is 16.2. The zero-order chi connectivity index (χ0) is 10.7. The Hall–Kier alpha value is -1.91. The van der Waals surface area contributed by atoms with Gasteiger partial charge in [0.25, 0.3) is 0 Å². The van der Waals surface area contributed by atoms with Gasteiger partial charge in [-0.1, -0.05) is 0 Å². The number of amides is 2. The average Bonchev–Trinajstić information content (AvgIpc) is 2.66. The summed E-state index contributed by atoms with van der Waals surface area (Å²) in [5.41, 5.74) is 0.703. The minimum atomic E-state index is -0.259. The standard InChI is InChI=1S/C10H11N3O2/c14-9-5-7(6-12-9)10(15)13-8-1-3-11-4-2-8/h1-4,7H,5-6H2,(H,12,14)(H,11,13,15). The Morgan fingerprint density at radius 1 is 1.47 bits per heavy atom. The normalized spacial score (nSPS) is 19.7. The molecule has 1 fully saturated rings. The smallest absolute Gasteiger partial charge is 0.229 e. The second kappa shape index (κ2) is 4.08. The third-order valence-electron chi connectivity index (χ3n) is 2.30. The molecule has 1 aromatic rings. The van der Waals surface area contributed by atoms with Crippen molar-refractivity contribution in [1.29, 1.82) is 0 Å². The molecule has 0 radical (unpaired) electrons. The van der Waals surface area contributed by atoms with Gasteiger partial charge in [-0.2, -0.15) is 0 Å². The molecule has 1 aliphatic rings. The summed E-state index contributed by atoms with van der Waals surface area (Å²) >= 11 is 0. The van der Waals surface area contributed by atoms with E-state index in [1.807, 2.05) is 0 Å². The Kier molecular flexibility index (Phi) is 2.62. The number of carbonyl (C=O) groups excluding carboxylic acids is 2. The molecule has 78 valence electrons. The van der Waals surface area contributed by atoms with Crippen molar-refractivity contribution >= 4 is 17.5 Å². The van der Waals surface area contributed by atoms with E-state index in [-0.39, 0.29) is 24.2 Å². The first-order chi connectivity index (χ1) is 7.25. The summed E-state index contributed by atoms with van der Waals surface area (Å²) in [7, 11) is 0. The monoisotopic (exact) mass is 205 g/mol. The molecule has 2 amide bonds. The Labute approximate surface area is 86.9 Å². The average molecular weight is 205 g/mol. The quantitative estimate of drug-likeness (QED) is 0.722. The van der Waals surface area contributed by atoms with E-state index in [4.69, 9.17) is 0 Å². The number of carbonyl (C=O) groups is 2. The lowest BCUT2D eigenvalue weighted by Gasteiger charge is -2.08. The minimum absolute atomic E-state index is 0.0649. The SMILES string of the molecule is O=C1CC(C(=O)Nc2ccncc2)CN1. The van der Waals surface area contributed by atoms with E-state index in [2.05, 4.69) is 15.6 Å². The molecule has 5 nitrogen and oxygen atoms in total. The van der Waals surface area contributed by atoms with Gasteiger partial charge in [-0.25, -0.2) is 0 Å². The molecule has 2 N–H and O–H groups in total.